The Kier molecular flexibility index (Phi) is 6.02. The molecular formula is C15H16BrClFNS. The summed E-state index contributed by atoms with van der Waals surface area (Å²) >= 11 is 11.4. The van der Waals surface area contributed by atoms with E-state index in [-0.39, 0.29) is 11.9 Å². The highest BCUT2D eigenvalue weighted by Crippen LogP contribution is 2.29. The normalized spacial score (nSPS) is 12.6. The molecule has 0 fully saturated rings. The van der Waals surface area contributed by atoms with E-state index in [0.29, 0.717) is 5.02 Å². The topological polar surface area (TPSA) is 12.0 Å². The van der Waals surface area contributed by atoms with Gasteiger partial charge >= 0.3 is 0 Å². The zero-order chi connectivity index (χ0) is 14.5. The molecule has 0 aliphatic carbocycles. The van der Waals surface area contributed by atoms with Crippen LogP contribution in [0.1, 0.15) is 29.8 Å². The largest absolute Gasteiger partial charge is 0.310 e. The van der Waals surface area contributed by atoms with Gasteiger partial charge in [-0.1, -0.05) is 24.6 Å². The van der Waals surface area contributed by atoms with Gasteiger partial charge in [0.15, 0.2) is 0 Å². The van der Waals surface area contributed by atoms with Crippen LogP contribution < -0.4 is 5.32 Å². The van der Waals surface area contributed by atoms with E-state index in [0.717, 1.165) is 29.4 Å². The fourth-order valence-corrected chi connectivity index (χ4v) is 3.85. The van der Waals surface area contributed by atoms with E-state index in [4.69, 9.17) is 11.6 Å². The molecule has 0 aliphatic heterocycles. The summed E-state index contributed by atoms with van der Waals surface area (Å²) in [6, 6.07) is 6.83. The zero-order valence-corrected chi connectivity index (χ0v) is 14.3. The molecular weight excluding hydrogens is 361 g/mol. The van der Waals surface area contributed by atoms with Gasteiger partial charge in [-0.2, -0.15) is 0 Å². The second-order valence-corrected chi connectivity index (χ2v) is 6.93. The van der Waals surface area contributed by atoms with Crippen molar-refractivity contribution < 1.29 is 4.39 Å². The molecule has 2 aromatic rings. The zero-order valence-electron chi connectivity index (χ0n) is 11.1. The molecule has 1 atom stereocenters. The average molecular weight is 377 g/mol. The van der Waals surface area contributed by atoms with Crippen molar-refractivity contribution in [2.45, 2.75) is 25.8 Å². The van der Waals surface area contributed by atoms with Crippen molar-refractivity contribution in [3.05, 3.63) is 55.4 Å². The van der Waals surface area contributed by atoms with Crippen LogP contribution in [0.15, 0.2) is 34.1 Å². The molecule has 2 rings (SSSR count). The minimum Gasteiger partial charge on any atom is -0.310 e. The molecule has 0 amide bonds. The van der Waals surface area contributed by atoms with Crippen LogP contribution in [0.3, 0.4) is 0 Å². The fourth-order valence-electron chi connectivity index (χ4n) is 2.06. The third kappa shape index (κ3) is 4.29. The minimum atomic E-state index is -0.299. The Morgan fingerprint density at radius 1 is 1.40 bits per heavy atom. The summed E-state index contributed by atoms with van der Waals surface area (Å²) in [4.78, 5) is 1.27. The molecule has 0 saturated heterocycles. The van der Waals surface area contributed by atoms with Gasteiger partial charge in [0.1, 0.15) is 5.82 Å². The minimum absolute atomic E-state index is 0.105. The van der Waals surface area contributed by atoms with Crippen molar-refractivity contribution in [1.82, 2.24) is 5.32 Å². The predicted molar refractivity (Wildman–Crippen MR) is 88.2 cm³/mol. The number of nitrogens with one attached hydrogen (secondary N) is 1. The molecule has 1 N–H and O–H groups in total. The summed E-state index contributed by atoms with van der Waals surface area (Å²) in [5.74, 6) is -0.299. The van der Waals surface area contributed by atoms with Crippen LogP contribution in [-0.2, 0) is 6.42 Å². The molecule has 0 spiro atoms. The Bertz CT molecular complexity index is 573. The lowest BCUT2D eigenvalue weighted by atomic mass is 10.0. The highest BCUT2D eigenvalue weighted by molar-refractivity contribution is 9.10. The molecule has 1 nitrogen and oxygen atoms in total. The molecule has 0 saturated carbocycles. The maximum absolute atomic E-state index is 13.2. The molecule has 20 heavy (non-hydrogen) atoms. The Balaban J connectivity index is 2.22. The molecule has 1 heterocycles. The summed E-state index contributed by atoms with van der Waals surface area (Å²) < 4.78 is 14.3. The van der Waals surface area contributed by atoms with E-state index in [1.165, 1.54) is 17.0 Å². The summed E-state index contributed by atoms with van der Waals surface area (Å²) in [6.07, 6.45) is 1.89. The van der Waals surface area contributed by atoms with Crippen LogP contribution in [0, 0.1) is 5.82 Å². The maximum Gasteiger partial charge on any atom is 0.124 e. The summed E-state index contributed by atoms with van der Waals surface area (Å²) in [7, 11) is 0. The van der Waals surface area contributed by atoms with Crippen molar-refractivity contribution in [2.75, 3.05) is 6.54 Å². The van der Waals surface area contributed by atoms with Crippen LogP contribution in [0.4, 0.5) is 4.39 Å². The molecule has 1 unspecified atom stereocenters. The van der Waals surface area contributed by atoms with E-state index >= 15 is 0 Å². The van der Waals surface area contributed by atoms with Gasteiger partial charge < -0.3 is 5.32 Å². The first-order valence-electron chi connectivity index (χ1n) is 6.51. The Hall–Kier alpha value is -0.420. The molecule has 0 bridgehead atoms. The van der Waals surface area contributed by atoms with Gasteiger partial charge in [-0.25, -0.2) is 4.39 Å². The highest BCUT2D eigenvalue weighted by Gasteiger charge is 2.16. The molecule has 108 valence electrons. The summed E-state index contributed by atoms with van der Waals surface area (Å²) in [5, 5.41) is 6.04. The smallest absolute Gasteiger partial charge is 0.124 e. The van der Waals surface area contributed by atoms with E-state index < -0.39 is 0 Å². The molecule has 1 aromatic carbocycles. The number of benzene rings is 1. The maximum atomic E-state index is 13.2. The van der Waals surface area contributed by atoms with E-state index in [2.05, 4.69) is 39.6 Å². The van der Waals surface area contributed by atoms with Crippen LogP contribution in [-0.4, -0.2) is 6.54 Å². The molecule has 0 aliphatic rings. The number of hydrogen-bond donors (Lipinski definition) is 1. The second kappa shape index (κ2) is 7.55. The fraction of sp³-hybridized carbons (Fsp3) is 0.333. The van der Waals surface area contributed by atoms with E-state index in [9.17, 15) is 4.39 Å². The van der Waals surface area contributed by atoms with Crippen LogP contribution in [0.25, 0.3) is 0 Å². The quantitative estimate of drug-likeness (QED) is 0.693. The Morgan fingerprint density at radius 2 is 2.20 bits per heavy atom. The SMILES string of the molecule is CCCNC(Cc1cc(Br)cs1)c1ccc(F)cc1Cl. The first kappa shape index (κ1) is 16.0. The van der Waals surface area contributed by atoms with Crippen molar-refractivity contribution in [1.29, 1.82) is 0 Å². The first-order valence-corrected chi connectivity index (χ1v) is 8.56. The average Bonchev–Trinajstić information content (AvgIpc) is 2.80. The van der Waals surface area contributed by atoms with Gasteiger partial charge in [-0.15, -0.1) is 11.3 Å². The van der Waals surface area contributed by atoms with Crippen molar-refractivity contribution in [3.8, 4) is 0 Å². The predicted octanol–water partition coefficient (Wildman–Crippen LogP) is 5.59. The van der Waals surface area contributed by atoms with Crippen LogP contribution in [0.5, 0.6) is 0 Å². The molecule has 5 heteroatoms. The van der Waals surface area contributed by atoms with Crippen LogP contribution >= 0.6 is 38.9 Å². The van der Waals surface area contributed by atoms with Gasteiger partial charge in [0.05, 0.1) is 0 Å². The van der Waals surface area contributed by atoms with Crippen molar-refractivity contribution in [3.63, 3.8) is 0 Å². The lowest BCUT2D eigenvalue weighted by molar-refractivity contribution is 0.530. The number of rotatable bonds is 6. The highest BCUT2D eigenvalue weighted by atomic mass is 79.9. The summed E-state index contributed by atoms with van der Waals surface area (Å²) in [6.45, 7) is 3.03. The molecule has 0 radical (unpaired) electrons. The number of halogens is 3. The van der Waals surface area contributed by atoms with E-state index in [1.807, 2.05) is 0 Å². The number of thiophene rings is 1. The van der Waals surface area contributed by atoms with Crippen LogP contribution in [0.2, 0.25) is 5.02 Å². The Morgan fingerprint density at radius 3 is 2.80 bits per heavy atom. The lowest BCUT2D eigenvalue weighted by Gasteiger charge is -2.19. The van der Waals surface area contributed by atoms with Crippen molar-refractivity contribution in [2.24, 2.45) is 0 Å². The van der Waals surface area contributed by atoms with Gasteiger partial charge in [0.2, 0.25) is 0 Å². The van der Waals surface area contributed by atoms with Gasteiger partial charge in [0.25, 0.3) is 0 Å². The second-order valence-electron chi connectivity index (χ2n) is 4.61. The Labute approximate surface area is 136 Å². The third-order valence-electron chi connectivity index (χ3n) is 3.01. The first-order chi connectivity index (χ1) is 9.60. The lowest BCUT2D eigenvalue weighted by Crippen LogP contribution is -2.24. The third-order valence-corrected chi connectivity index (χ3v) is 5.05. The van der Waals surface area contributed by atoms with E-state index in [1.54, 1.807) is 17.4 Å². The van der Waals surface area contributed by atoms with Crippen molar-refractivity contribution >= 4 is 38.9 Å². The standard InChI is InChI=1S/C15H16BrClFNS/c1-2-5-19-15(8-12-6-10(16)9-20-12)13-4-3-11(18)7-14(13)17/h3-4,6-7,9,15,19H,2,5,8H2,1H3. The monoisotopic (exact) mass is 375 g/mol. The molecule has 1 aromatic heterocycles. The van der Waals surface area contributed by atoms with Gasteiger partial charge in [-0.05, 0) is 52.7 Å². The van der Waals surface area contributed by atoms with Gasteiger partial charge in [0, 0.05) is 32.2 Å². The van der Waals surface area contributed by atoms with Gasteiger partial charge in [-0.3, -0.25) is 0 Å². The number of hydrogen-bond acceptors (Lipinski definition) is 2. The summed E-state index contributed by atoms with van der Waals surface area (Å²) in [5.41, 5.74) is 0.950.